The number of aryl methyl sites for hydroxylation is 3. The third-order valence-electron chi connectivity index (χ3n) is 4.73. The van der Waals surface area contributed by atoms with Crippen molar-refractivity contribution in [3.8, 4) is 0 Å². The maximum Gasteiger partial charge on any atom is 0.316 e. The molecule has 6 heteroatoms. The second-order valence-electron chi connectivity index (χ2n) is 6.29. The Hall–Kier alpha value is -3.15. The van der Waals surface area contributed by atoms with Crippen molar-refractivity contribution < 1.29 is 0 Å². The molecule has 4 rings (SSSR count). The van der Waals surface area contributed by atoms with E-state index in [0.717, 1.165) is 16.9 Å². The zero-order chi connectivity index (χ0) is 17.7. The largest absolute Gasteiger partial charge is 0.324 e. The summed E-state index contributed by atoms with van der Waals surface area (Å²) in [5.41, 5.74) is 3.30. The Bertz CT molecular complexity index is 1230. The Morgan fingerprint density at radius 3 is 2.12 bits per heavy atom. The molecular weight excluding hydrogens is 316 g/mol. The van der Waals surface area contributed by atoms with E-state index in [2.05, 4.69) is 21.7 Å². The molecule has 6 nitrogen and oxygen atoms in total. The fourth-order valence-corrected chi connectivity index (χ4v) is 3.28. The number of nitrogens with zero attached hydrogens (tertiary/aromatic N) is 4. The number of imidazole rings is 1. The van der Waals surface area contributed by atoms with E-state index >= 15 is 0 Å². The van der Waals surface area contributed by atoms with Gasteiger partial charge in [0.2, 0.25) is 0 Å². The predicted octanol–water partition coefficient (Wildman–Crippen LogP) is 1.94. The molecule has 2 aromatic heterocycles. The summed E-state index contributed by atoms with van der Waals surface area (Å²) in [5, 5.41) is 0. The maximum absolute atomic E-state index is 12.1. The minimum atomic E-state index is -0.533. The lowest BCUT2D eigenvalue weighted by atomic mass is 10.2. The van der Waals surface area contributed by atoms with Crippen LogP contribution in [0.4, 0.5) is 0 Å². The molecule has 2 aromatic carbocycles. The first kappa shape index (κ1) is 15.4. The fourth-order valence-electron chi connectivity index (χ4n) is 3.28. The van der Waals surface area contributed by atoms with Crippen LogP contribution in [-0.4, -0.2) is 18.7 Å². The Morgan fingerprint density at radius 2 is 1.48 bits per heavy atom. The summed E-state index contributed by atoms with van der Waals surface area (Å²) < 4.78 is 4.93. The monoisotopic (exact) mass is 334 g/mol. The van der Waals surface area contributed by atoms with Crippen LogP contribution in [0.25, 0.3) is 22.1 Å². The van der Waals surface area contributed by atoms with Gasteiger partial charge in [-0.3, -0.25) is 9.59 Å². The van der Waals surface area contributed by atoms with Crippen LogP contribution < -0.4 is 11.1 Å². The molecule has 4 aromatic rings. The summed E-state index contributed by atoms with van der Waals surface area (Å²) in [6, 6.07) is 14.0. The van der Waals surface area contributed by atoms with Crippen molar-refractivity contribution in [3.05, 3.63) is 74.6 Å². The van der Waals surface area contributed by atoms with E-state index in [1.165, 1.54) is 14.7 Å². The quantitative estimate of drug-likeness (QED) is 0.526. The molecule has 0 N–H and O–H groups in total. The Balaban J connectivity index is 2.04. The molecule has 0 atom stereocenters. The molecule has 0 amide bonds. The van der Waals surface area contributed by atoms with Crippen LogP contribution in [0, 0.1) is 6.92 Å². The molecule has 0 fully saturated rings. The van der Waals surface area contributed by atoms with Gasteiger partial charge in [-0.2, -0.15) is 0 Å². The second-order valence-corrected chi connectivity index (χ2v) is 6.29. The normalized spacial score (nSPS) is 11.5. The van der Waals surface area contributed by atoms with Gasteiger partial charge in [0.25, 0.3) is 0 Å². The highest BCUT2D eigenvalue weighted by atomic mass is 16.2. The molecule has 126 valence electrons. The van der Waals surface area contributed by atoms with Crippen molar-refractivity contribution >= 4 is 22.1 Å². The minimum absolute atomic E-state index is 0.528. The van der Waals surface area contributed by atoms with E-state index in [-0.39, 0.29) is 0 Å². The van der Waals surface area contributed by atoms with Crippen LogP contribution in [0.1, 0.15) is 11.4 Å². The van der Waals surface area contributed by atoms with E-state index in [4.69, 9.17) is 0 Å². The second kappa shape index (κ2) is 5.44. The first-order chi connectivity index (χ1) is 12.0. The summed E-state index contributed by atoms with van der Waals surface area (Å²) in [5.74, 6) is 0.893. The van der Waals surface area contributed by atoms with Gasteiger partial charge in [0.1, 0.15) is 5.82 Å². The van der Waals surface area contributed by atoms with Gasteiger partial charge in [-0.1, -0.05) is 30.3 Å². The first-order valence-electron chi connectivity index (χ1n) is 8.08. The van der Waals surface area contributed by atoms with E-state index in [0.29, 0.717) is 17.6 Å². The van der Waals surface area contributed by atoms with Gasteiger partial charge in [-0.25, -0.2) is 4.98 Å². The third-order valence-corrected chi connectivity index (χ3v) is 4.73. The first-order valence-corrected chi connectivity index (χ1v) is 8.08. The van der Waals surface area contributed by atoms with E-state index in [9.17, 15) is 9.59 Å². The van der Waals surface area contributed by atoms with Crippen molar-refractivity contribution in [2.75, 3.05) is 0 Å². The standard InChI is InChI=1S/C19H18N4O2/c1-12-20-14-9-16-17(22(3)19(25)18(24)21(16)2)10-15(14)23(12)11-13-7-5-4-6-8-13/h4-10H,11H2,1-3H3. The van der Waals surface area contributed by atoms with Gasteiger partial charge in [0, 0.05) is 20.6 Å². The van der Waals surface area contributed by atoms with Crippen molar-refractivity contribution in [2.45, 2.75) is 13.5 Å². The lowest BCUT2D eigenvalue weighted by Crippen LogP contribution is -2.39. The molecular formula is C19H18N4O2. The average Bonchev–Trinajstić information content (AvgIpc) is 2.92. The molecule has 0 saturated carbocycles. The van der Waals surface area contributed by atoms with Gasteiger partial charge in [0.15, 0.2) is 0 Å². The smallest absolute Gasteiger partial charge is 0.316 e. The molecule has 0 unspecified atom stereocenters. The van der Waals surface area contributed by atoms with Crippen molar-refractivity contribution in [3.63, 3.8) is 0 Å². The topological polar surface area (TPSA) is 61.8 Å². The third kappa shape index (κ3) is 2.29. The summed E-state index contributed by atoms with van der Waals surface area (Å²) in [6.07, 6.45) is 0. The van der Waals surface area contributed by atoms with Crippen LogP contribution in [0.3, 0.4) is 0 Å². The summed E-state index contributed by atoms with van der Waals surface area (Å²) in [7, 11) is 3.24. The average molecular weight is 334 g/mol. The molecule has 0 aliphatic rings. The van der Waals surface area contributed by atoms with E-state index < -0.39 is 11.1 Å². The highest BCUT2D eigenvalue weighted by molar-refractivity contribution is 5.92. The van der Waals surface area contributed by atoms with Crippen LogP contribution >= 0.6 is 0 Å². The minimum Gasteiger partial charge on any atom is -0.324 e. The lowest BCUT2D eigenvalue weighted by Gasteiger charge is -2.11. The summed E-state index contributed by atoms with van der Waals surface area (Å²) >= 11 is 0. The summed E-state index contributed by atoms with van der Waals surface area (Å²) in [6.45, 7) is 2.67. The number of fused-ring (bicyclic) bond motifs is 2. The van der Waals surface area contributed by atoms with Crippen molar-refractivity contribution in [2.24, 2.45) is 14.1 Å². The van der Waals surface area contributed by atoms with Gasteiger partial charge in [-0.05, 0) is 24.6 Å². The molecule has 0 bridgehead atoms. The van der Waals surface area contributed by atoms with Crippen molar-refractivity contribution in [1.82, 2.24) is 18.7 Å². The van der Waals surface area contributed by atoms with Gasteiger partial charge in [-0.15, -0.1) is 0 Å². The highest BCUT2D eigenvalue weighted by Crippen LogP contribution is 2.23. The van der Waals surface area contributed by atoms with Crippen LogP contribution in [0.15, 0.2) is 52.1 Å². The molecule has 0 spiro atoms. The zero-order valence-corrected chi connectivity index (χ0v) is 14.4. The van der Waals surface area contributed by atoms with E-state index in [1.54, 1.807) is 14.1 Å². The predicted molar refractivity (Wildman–Crippen MR) is 98.0 cm³/mol. The molecule has 0 radical (unpaired) electrons. The molecule has 0 aliphatic heterocycles. The van der Waals surface area contributed by atoms with Gasteiger partial charge >= 0.3 is 11.1 Å². The number of benzene rings is 2. The SMILES string of the molecule is Cc1nc2cc3c(cc2n1Cc1ccccc1)n(C)c(=O)c(=O)n3C. The van der Waals surface area contributed by atoms with Crippen LogP contribution in [-0.2, 0) is 20.6 Å². The number of aromatic nitrogens is 4. The van der Waals surface area contributed by atoms with Crippen molar-refractivity contribution in [1.29, 1.82) is 0 Å². The lowest BCUT2D eigenvalue weighted by molar-refractivity contribution is 0.783. The molecule has 2 heterocycles. The van der Waals surface area contributed by atoms with Crippen LogP contribution in [0.5, 0.6) is 0 Å². The molecule has 0 aliphatic carbocycles. The Morgan fingerprint density at radius 1 is 0.880 bits per heavy atom. The van der Waals surface area contributed by atoms with Gasteiger partial charge < -0.3 is 13.7 Å². The zero-order valence-electron chi connectivity index (χ0n) is 14.4. The highest BCUT2D eigenvalue weighted by Gasteiger charge is 2.14. The molecule has 0 saturated heterocycles. The number of hydrogen-bond donors (Lipinski definition) is 0. The van der Waals surface area contributed by atoms with Crippen LogP contribution in [0.2, 0.25) is 0 Å². The molecule has 25 heavy (non-hydrogen) atoms. The summed E-state index contributed by atoms with van der Waals surface area (Å²) in [4.78, 5) is 28.8. The number of hydrogen-bond acceptors (Lipinski definition) is 3. The van der Waals surface area contributed by atoms with E-state index in [1.807, 2.05) is 37.3 Å². The Labute approximate surface area is 143 Å². The Kier molecular flexibility index (Phi) is 3.35. The maximum atomic E-state index is 12.1. The fraction of sp³-hybridized carbons (Fsp3) is 0.211. The van der Waals surface area contributed by atoms with Gasteiger partial charge in [0.05, 0.1) is 22.1 Å². The number of rotatable bonds is 2.